The largest absolute Gasteiger partial charge is 0.398 e. The fraction of sp³-hybridized carbons (Fsp3) is 0.571. The summed E-state index contributed by atoms with van der Waals surface area (Å²) >= 11 is 0. The molecule has 0 radical (unpaired) electrons. The van der Waals surface area contributed by atoms with E-state index in [2.05, 4.69) is 0 Å². The summed E-state index contributed by atoms with van der Waals surface area (Å²) in [5.74, 6) is -6.17. The van der Waals surface area contributed by atoms with Crippen molar-refractivity contribution in [2.24, 2.45) is 0 Å². The highest BCUT2D eigenvalue weighted by atomic mass is 28.4. The second-order valence-electron chi connectivity index (χ2n) is 5.06. The van der Waals surface area contributed by atoms with Crippen molar-refractivity contribution in [2.75, 3.05) is 14.2 Å². The molecule has 1 rings (SSSR count). The Morgan fingerprint density at radius 2 is 1.52 bits per heavy atom. The van der Waals surface area contributed by atoms with Crippen molar-refractivity contribution in [1.82, 2.24) is 0 Å². The first-order valence-corrected chi connectivity index (χ1v) is 9.29. The fourth-order valence-corrected chi connectivity index (χ4v) is 3.50. The predicted molar refractivity (Wildman–Crippen MR) is 74.3 cm³/mol. The monoisotopic (exact) mass is 324 g/mol. The predicted octanol–water partition coefficient (Wildman–Crippen LogP) is 4.32. The first-order chi connectivity index (χ1) is 9.84. The minimum atomic E-state index is -2.11. The Bertz CT molecular complexity index is 479. The number of rotatable bonds is 8. The standard InChI is InChI=1S/C14H20F4O2Si/c1-19-21(3,20-2)8-6-4-5-7-10-9-11(15)13(17)14(18)12(10)16/h9H,4-8H2,1-3H3. The Morgan fingerprint density at radius 3 is 2.10 bits per heavy atom. The summed E-state index contributed by atoms with van der Waals surface area (Å²) < 4.78 is 63.0. The van der Waals surface area contributed by atoms with Crippen molar-refractivity contribution in [2.45, 2.75) is 38.3 Å². The van der Waals surface area contributed by atoms with Gasteiger partial charge in [-0.05, 0) is 37.1 Å². The first-order valence-electron chi connectivity index (χ1n) is 6.77. The number of aryl methyl sites for hydroxylation is 1. The van der Waals surface area contributed by atoms with Gasteiger partial charge >= 0.3 is 8.56 Å². The molecule has 21 heavy (non-hydrogen) atoms. The van der Waals surface area contributed by atoms with Gasteiger partial charge in [-0.25, -0.2) is 17.6 Å². The molecule has 0 N–H and O–H groups in total. The van der Waals surface area contributed by atoms with Gasteiger partial charge in [0.2, 0.25) is 0 Å². The van der Waals surface area contributed by atoms with Crippen LogP contribution in [0.25, 0.3) is 0 Å². The van der Waals surface area contributed by atoms with Gasteiger partial charge in [-0.2, -0.15) is 0 Å². The quantitative estimate of drug-likeness (QED) is 0.233. The number of benzene rings is 1. The Balaban J connectivity index is 2.47. The maximum atomic E-state index is 13.4. The molecule has 0 atom stereocenters. The molecule has 0 bridgehead atoms. The second-order valence-corrected chi connectivity index (χ2v) is 8.65. The zero-order chi connectivity index (χ0) is 16.0. The molecular formula is C14H20F4O2Si. The lowest BCUT2D eigenvalue weighted by atomic mass is 10.1. The number of hydrogen-bond donors (Lipinski definition) is 0. The van der Waals surface area contributed by atoms with E-state index in [1.165, 1.54) is 0 Å². The highest BCUT2D eigenvalue weighted by molar-refractivity contribution is 6.65. The number of hydrogen-bond acceptors (Lipinski definition) is 2. The van der Waals surface area contributed by atoms with Crippen LogP contribution in [0.5, 0.6) is 0 Å². The number of halogens is 4. The molecule has 0 saturated heterocycles. The summed E-state index contributed by atoms with van der Waals surface area (Å²) in [4.78, 5) is 0. The van der Waals surface area contributed by atoms with E-state index in [-0.39, 0.29) is 12.0 Å². The molecule has 0 saturated carbocycles. The van der Waals surface area contributed by atoms with Gasteiger partial charge < -0.3 is 8.85 Å². The Labute approximate surface area is 123 Å². The van der Waals surface area contributed by atoms with E-state index in [9.17, 15) is 17.6 Å². The van der Waals surface area contributed by atoms with E-state index in [0.717, 1.165) is 25.0 Å². The van der Waals surface area contributed by atoms with Crippen LogP contribution in [-0.4, -0.2) is 22.8 Å². The third-order valence-electron chi connectivity index (χ3n) is 3.62. The van der Waals surface area contributed by atoms with Crippen LogP contribution in [-0.2, 0) is 15.3 Å². The normalized spacial score (nSPS) is 12.0. The Hall–Kier alpha value is -0.923. The molecule has 7 heteroatoms. The summed E-state index contributed by atoms with van der Waals surface area (Å²) in [6, 6.07) is 1.51. The lowest BCUT2D eigenvalue weighted by Gasteiger charge is -2.22. The molecule has 0 fully saturated rings. The summed E-state index contributed by atoms with van der Waals surface area (Å²) in [7, 11) is 1.11. The van der Waals surface area contributed by atoms with Gasteiger partial charge in [0.25, 0.3) is 0 Å². The van der Waals surface area contributed by atoms with Crippen LogP contribution in [0.3, 0.4) is 0 Å². The Kier molecular flexibility index (Phi) is 6.83. The maximum absolute atomic E-state index is 13.4. The van der Waals surface area contributed by atoms with Crippen molar-refractivity contribution in [3.05, 3.63) is 34.9 Å². The van der Waals surface area contributed by atoms with Gasteiger partial charge in [0.15, 0.2) is 23.3 Å². The summed E-state index contributed by atoms with van der Waals surface area (Å²) in [6.45, 7) is 1.94. The average molecular weight is 324 g/mol. The van der Waals surface area contributed by atoms with Crippen LogP contribution >= 0.6 is 0 Å². The van der Waals surface area contributed by atoms with Crippen LogP contribution < -0.4 is 0 Å². The lowest BCUT2D eigenvalue weighted by molar-refractivity contribution is 0.248. The molecular weight excluding hydrogens is 304 g/mol. The highest BCUT2D eigenvalue weighted by Gasteiger charge is 2.27. The van der Waals surface area contributed by atoms with Crippen molar-refractivity contribution >= 4 is 8.56 Å². The molecule has 2 nitrogen and oxygen atoms in total. The lowest BCUT2D eigenvalue weighted by Crippen LogP contribution is -2.35. The van der Waals surface area contributed by atoms with E-state index < -0.39 is 31.8 Å². The first kappa shape index (κ1) is 18.1. The van der Waals surface area contributed by atoms with E-state index in [4.69, 9.17) is 8.85 Å². The SMILES string of the molecule is CO[Si](C)(CCCCCc1cc(F)c(F)c(F)c1F)OC. The fourth-order valence-electron chi connectivity index (χ4n) is 2.03. The third-order valence-corrected chi connectivity index (χ3v) is 6.61. The topological polar surface area (TPSA) is 18.5 Å². The van der Waals surface area contributed by atoms with E-state index in [1.54, 1.807) is 14.2 Å². The van der Waals surface area contributed by atoms with Gasteiger partial charge in [-0.1, -0.05) is 12.8 Å². The summed E-state index contributed by atoms with van der Waals surface area (Å²) in [5, 5.41) is 0. The molecule has 1 aromatic rings. The van der Waals surface area contributed by atoms with E-state index in [0.29, 0.717) is 6.42 Å². The van der Waals surface area contributed by atoms with Crippen LogP contribution in [0.15, 0.2) is 6.07 Å². The smallest absolute Gasteiger partial charge is 0.334 e. The molecule has 0 heterocycles. The number of unbranched alkanes of at least 4 members (excludes halogenated alkanes) is 2. The van der Waals surface area contributed by atoms with E-state index in [1.807, 2.05) is 6.55 Å². The molecule has 120 valence electrons. The molecule has 0 spiro atoms. The minimum absolute atomic E-state index is 0.134. The molecule has 0 aliphatic rings. The molecule has 0 amide bonds. The molecule has 0 aliphatic heterocycles. The van der Waals surface area contributed by atoms with Gasteiger partial charge in [-0.3, -0.25) is 0 Å². The molecule has 0 aromatic heterocycles. The van der Waals surface area contributed by atoms with Gasteiger partial charge in [0.05, 0.1) is 0 Å². The summed E-state index contributed by atoms with van der Waals surface area (Å²) in [6.07, 6.45) is 2.28. The highest BCUT2D eigenvalue weighted by Crippen LogP contribution is 2.21. The van der Waals surface area contributed by atoms with Crippen molar-refractivity contribution in [3.63, 3.8) is 0 Å². The second kappa shape index (κ2) is 7.91. The molecule has 0 unspecified atom stereocenters. The van der Waals surface area contributed by atoms with Crippen LogP contribution in [0.1, 0.15) is 24.8 Å². The Morgan fingerprint density at radius 1 is 0.905 bits per heavy atom. The molecule has 1 aromatic carbocycles. The molecule has 0 aliphatic carbocycles. The van der Waals surface area contributed by atoms with Gasteiger partial charge in [-0.15, -0.1) is 0 Å². The van der Waals surface area contributed by atoms with Crippen LogP contribution in [0.2, 0.25) is 12.6 Å². The van der Waals surface area contributed by atoms with Crippen molar-refractivity contribution in [3.8, 4) is 0 Å². The maximum Gasteiger partial charge on any atom is 0.334 e. The van der Waals surface area contributed by atoms with Crippen molar-refractivity contribution in [1.29, 1.82) is 0 Å². The van der Waals surface area contributed by atoms with Crippen molar-refractivity contribution < 1.29 is 26.4 Å². The van der Waals surface area contributed by atoms with Gasteiger partial charge in [0, 0.05) is 14.2 Å². The average Bonchev–Trinajstić information content (AvgIpc) is 2.49. The zero-order valence-electron chi connectivity index (χ0n) is 12.4. The van der Waals surface area contributed by atoms with Crippen LogP contribution in [0.4, 0.5) is 17.6 Å². The summed E-state index contributed by atoms with van der Waals surface area (Å²) in [5.41, 5.74) is -0.134. The van der Waals surface area contributed by atoms with Crippen LogP contribution in [0, 0.1) is 23.3 Å². The van der Waals surface area contributed by atoms with E-state index >= 15 is 0 Å². The minimum Gasteiger partial charge on any atom is -0.398 e. The van der Waals surface area contributed by atoms with Gasteiger partial charge in [0.1, 0.15) is 0 Å². The third kappa shape index (κ3) is 4.79. The zero-order valence-corrected chi connectivity index (χ0v) is 13.4.